The van der Waals surface area contributed by atoms with Crippen LogP contribution in [0.3, 0.4) is 0 Å². The lowest BCUT2D eigenvalue weighted by Crippen LogP contribution is -2.60. The maximum atomic E-state index is 12.5. The van der Waals surface area contributed by atoms with E-state index in [9.17, 15) is 9.59 Å². The van der Waals surface area contributed by atoms with Crippen molar-refractivity contribution in [2.24, 2.45) is 5.84 Å². The molecule has 1 unspecified atom stereocenters. The summed E-state index contributed by atoms with van der Waals surface area (Å²) < 4.78 is 0. The van der Waals surface area contributed by atoms with E-state index < -0.39 is 0 Å². The number of carbonyl (C=O) groups excluding carboxylic acids is 2. The number of piperazine rings is 1. The molecule has 1 aromatic heterocycles. The monoisotopic (exact) mass is 289 g/mol. The van der Waals surface area contributed by atoms with Crippen LogP contribution in [-0.4, -0.2) is 45.7 Å². The van der Waals surface area contributed by atoms with E-state index in [0.717, 1.165) is 24.8 Å². The smallest absolute Gasteiger partial charge is 0.246 e. The summed E-state index contributed by atoms with van der Waals surface area (Å²) >= 11 is 0. The first-order valence-electron chi connectivity index (χ1n) is 7.19. The Hall–Kier alpha value is -2.15. The van der Waals surface area contributed by atoms with Crippen molar-refractivity contribution in [3.63, 3.8) is 0 Å². The van der Waals surface area contributed by atoms with Crippen molar-refractivity contribution in [3.05, 3.63) is 23.9 Å². The van der Waals surface area contributed by atoms with Crippen LogP contribution in [0.5, 0.6) is 0 Å². The van der Waals surface area contributed by atoms with Gasteiger partial charge in [-0.1, -0.05) is 0 Å². The van der Waals surface area contributed by atoms with Crippen LogP contribution in [0.1, 0.15) is 24.8 Å². The molecule has 2 fully saturated rings. The van der Waals surface area contributed by atoms with Gasteiger partial charge >= 0.3 is 0 Å². The minimum absolute atomic E-state index is 0.0468. The average Bonchev–Trinajstić information content (AvgIpc) is 2.52. The van der Waals surface area contributed by atoms with Gasteiger partial charge in [-0.05, 0) is 37.0 Å². The summed E-state index contributed by atoms with van der Waals surface area (Å²) in [6, 6.07) is 3.34. The van der Waals surface area contributed by atoms with Crippen LogP contribution in [0.4, 0.5) is 5.82 Å². The normalized spacial score (nSPS) is 22.2. The molecule has 0 spiro atoms. The molecule has 21 heavy (non-hydrogen) atoms. The van der Waals surface area contributed by atoms with Gasteiger partial charge < -0.3 is 15.2 Å². The fraction of sp³-hybridized carbons (Fsp3) is 0.500. The first-order chi connectivity index (χ1) is 10.2. The molecule has 112 valence electrons. The molecule has 3 rings (SSSR count). The summed E-state index contributed by atoms with van der Waals surface area (Å²) in [7, 11) is 0. The molecule has 2 amide bonds. The summed E-state index contributed by atoms with van der Waals surface area (Å²) in [6.07, 6.45) is 4.40. The van der Waals surface area contributed by atoms with E-state index in [2.05, 4.69) is 10.4 Å². The van der Waals surface area contributed by atoms with Crippen LogP contribution in [0, 0.1) is 0 Å². The fourth-order valence-electron chi connectivity index (χ4n) is 3.04. The van der Waals surface area contributed by atoms with Crippen LogP contribution in [0.15, 0.2) is 18.3 Å². The van der Waals surface area contributed by atoms with Gasteiger partial charge in [0.2, 0.25) is 11.8 Å². The molecule has 2 aliphatic rings. The second kappa shape index (κ2) is 5.69. The van der Waals surface area contributed by atoms with Crippen LogP contribution >= 0.6 is 0 Å². The van der Waals surface area contributed by atoms with Gasteiger partial charge in [-0.3, -0.25) is 9.59 Å². The molecule has 1 aromatic rings. The fourth-order valence-corrected chi connectivity index (χ4v) is 3.04. The molecule has 2 saturated heterocycles. The van der Waals surface area contributed by atoms with Crippen LogP contribution in [0.2, 0.25) is 0 Å². The molecule has 0 aliphatic carbocycles. The maximum Gasteiger partial charge on any atom is 0.246 e. The minimum Gasteiger partial charge on any atom is -0.329 e. The molecule has 1 atom stereocenters. The van der Waals surface area contributed by atoms with Gasteiger partial charge in [-0.25, -0.2) is 10.8 Å². The number of nitrogen functional groups attached to an aromatic ring is 1. The summed E-state index contributed by atoms with van der Waals surface area (Å²) in [6.45, 7) is 1.27. The number of nitrogens with zero attached hydrogens (tertiary/aromatic N) is 3. The van der Waals surface area contributed by atoms with E-state index in [0.29, 0.717) is 18.9 Å². The van der Waals surface area contributed by atoms with Crippen molar-refractivity contribution in [3.8, 4) is 0 Å². The number of hydrogen-bond acceptors (Lipinski definition) is 5. The van der Waals surface area contributed by atoms with E-state index >= 15 is 0 Å². The quantitative estimate of drug-likeness (QED) is 0.608. The number of nitrogens with two attached hydrogens (primary N) is 1. The third-order valence-corrected chi connectivity index (χ3v) is 4.09. The number of aromatic nitrogens is 1. The second-order valence-electron chi connectivity index (χ2n) is 5.49. The number of hydrogen-bond donors (Lipinski definition) is 2. The van der Waals surface area contributed by atoms with Crippen LogP contribution in [-0.2, 0) is 16.1 Å². The van der Waals surface area contributed by atoms with Gasteiger partial charge in [0.05, 0.1) is 0 Å². The zero-order valence-corrected chi connectivity index (χ0v) is 11.8. The molecular weight excluding hydrogens is 270 g/mol. The van der Waals surface area contributed by atoms with Crippen LogP contribution in [0.25, 0.3) is 0 Å². The van der Waals surface area contributed by atoms with Crippen molar-refractivity contribution in [2.45, 2.75) is 31.8 Å². The minimum atomic E-state index is -0.269. The Labute approximate surface area is 123 Å². The highest BCUT2D eigenvalue weighted by Gasteiger charge is 2.40. The van der Waals surface area contributed by atoms with Crippen molar-refractivity contribution in [1.29, 1.82) is 0 Å². The van der Waals surface area contributed by atoms with E-state index in [4.69, 9.17) is 5.84 Å². The molecule has 7 heteroatoms. The van der Waals surface area contributed by atoms with Gasteiger partial charge in [0, 0.05) is 19.3 Å². The van der Waals surface area contributed by atoms with E-state index in [1.165, 1.54) is 0 Å². The predicted octanol–water partition coefficient (Wildman–Crippen LogP) is 0.0905. The average molecular weight is 289 g/mol. The van der Waals surface area contributed by atoms with Crippen molar-refractivity contribution >= 4 is 17.6 Å². The van der Waals surface area contributed by atoms with E-state index in [1.54, 1.807) is 22.1 Å². The first-order valence-corrected chi connectivity index (χ1v) is 7.19. The Kier molecular flexibility index (Phi) is 3.74. The Morgan fingerprint density at radius 2 is 2.24 bits per heavy atom. The largest absolute Gasteiger partial charge is 0.329 e. The molecule has 7 nitrogen and oxygen atoms in total. The van der Waals surface area contributed by atoms with Crippen LogP contribution < -0.4 is 11.3 Å². The highest BCUT2D eigenvalue weighted by atomic mass is 16.2. The molecule has 0 saturated carbocycles. The molecule has 0 bridgehead atoms. The number of amides is 2. The number of rotatable bonds is 3. The van der Waals surface area contributed by atoms with Gasteiger partial charge in [-0.2, -0.15) is 0 Å². The molecule has 2 aliphatic heterocycles. The summed E-state index contributed by atoms with van der Waals surface area (Å²) in [5.74, 6) is 5.98. The number of piperidine rings is 1. The van der Waals surface area contributed by atoms with Crippen molar-refractivity contribution in [1.82, 2.24) is 14.8 Å². The van der Waals surface area contributed by atoms with Crippen molar-refractivity contribution in [2.75, 3.05) is 18.5 Å². The molecule has 0 radical (unpaired) electrons. The Bertz CT molecular complexity index is 562. The lowest BCUT2D eigenvalue weighted by molar-refractivity contribution is -0.158. The highest BCUT2D eigenvalue weighted by molar-refractivity contribution is 5.95. The number of hydrazine groups is 1. The zero-order chi connectivity index (χ0) is 14.8. The number of nitrogens with one attached hydrogen (secondary N) is 1. The Morgan fingerprint density at radius 3 is 3.05 bits per heavy atom. The number of pyridine rings is 1. The Morgan fingerprint density at radius 1 is 1.38 bits per heavy atom. The molecule has 3 heterocycles. The maximum absolute atomic E-state index is 12.5. The van der Waals surface area contributed by atoms with E-state index in [-0.39, 0.29) is 24.4 Å². The first kappa shape index (κ1) is 13.8. The van der Waals surface area contributed by atoms with Gasteiger partial charge in [0.15, 0.2) is 0 Å². The summed E-state index contributed by atoms with van der Waals surface area (Å²) in [5, 5.41) is 0. The summed E-state index contributed by atoms with van der Waals surface area (Å²) in [4.78, 5) is 32.1. The third-order valence-electron chi connectivity index (χ3n) is 4.09. The standard InChI is InChI=1S/C14H19N5O2/c15-17-12-7-10(4-5-16-12)8-18-9-13(20)19-6-2-1-3-11(19)14(18)21/h4-5,7,11H,1-3,6,8-9,15H2,(H,16,17). The summed E-state index contributed by atoms with van der Waals surface area (Å²) in [5.41, 5.74) is 3.39. The van der Waals surface area contributed by atoms with E-state index in [1.807, 2.05) is 6.07 Å². The second-order valence-corrected chi connectivity index (χ2v) is 5.49. The number of carbonyl (C=O) groups is 2. The van der Waals surface area contributed by atoms with Gasteiger partial charge in [-0.15, -0.1) is 0 Å². The predicted molar refractivity (Wildman–Crippen MR) is 76.8 cm³/mol. The topological polar surface area (TPSA) is 91.6 Å². The molecule has 3 N–H and O–H groups in total. The van der Waals surface area contributed by atoms with Gasteiger partial charge in [0.1, 0.15) is 18.4 Å². The lowest BCUT2D eigenvalue weighted by Gasteiger charge is -2.42. The lowest BCUT2D eigenvalue weighted by atomic mass is 9.98. The number of fused-ring (bicyclic) bond motifs is 1. The zero-order valence-electron chi connectivity index (χ0n) is 11.8. The molecule has 0 aromatic carbocycles. The Balaban J connectivity index is 1.76. The number of anilines is 1. The SMILES string of the molecule is NNc1cc(CN2CC(=O)N3CCCCC3C2=O)ccn1. The van der Waals surface area contributed by atoms with Crippen molar-refractivity contribution < 1.29 is 9.59 Å². The highest BCUT2D eigenvalue weighted by Crippen LogP contribution is 2.24. The molecular formula is C14H19N5O2. The van der Waals surface area contributed by atoms with Gasteiger partial charge in [0.25, 0.3) is 0 Å². The third kappa shape index (κ3) is 2.69.